The zero-order chi connectivity index (χ0) is 13.2. The third kappa shape index (κ3) is 2.25. The van der Waals surface area contributed by atoms with Crippen molar-refractivity contribution >= 4 is 10.8 Å². The van der Waals surface area contributed by atoms with E-state index in [2.05, 4.69) is 35.3 Å². The van der Waals surface area contributed by atoms with Crippen LogP contribution in [0.1, 0.15) is 5.82 Å². The minimum atomic E-state index is 0.133. The summed E-state index contributed by atoms with van der Waals surface area (Å²) < 4.78 is 1.98. The van der Waals surface area contributed by atoms with Gasteiger partial charge in [0.2, 0.25) is 0 Å². The van der Waals surface area contributed by atoms with Crippen LogP contribution in [0, 0.1) is 6.92 Å². The lowest BCUT2D eigenvalue weighted by atomic mass is 10.1. The highest BCUT2D eigenvalue weighted by molar-refractivity contribution is 5.86. The molecule has 3 nitrogen and oxygen atoms in total. The fraction of sp³-hybridized carbons (Fsp3) is 0.188. The SMILES string of the molecule is Cc1nc(-c2ccc3ccccc3c2)cn1CCO. The van der Waals surface area contributed by atoms with Gasteiger partial charge < -0.3 is 9.67 Å². The van der Waals surface area contributed by atoms with Gasteiger partial charge in [-0.1, -0.05) is 36.4 Å². The van der Waals surface area contributed by atoms with Gasteiger partial charge in [0.15, 0.2) is 0 Å². The second kappa shape index (κ2) is 4.86. The molecule has 0 atom stereocenters. The summed E-state index contributed by atoms with van der Waals surface area (Å²) in [5.74, 6) is 0.928. The molecule has 3 heteroatoms. The number of nitrogens with zero attached hydrogens (tertiary/aromatic N) is 2. The zero-order valence-electron chi connectivity index (χ0n) is 10.9. The van der Waals surface area contributed by atoms with E-state index in [1.54, 1.807) is 0 Å². The Bertz CT molecular complexity index is 716. The first-order valence-corrected chi connectivity index (χ1v) is 6.42. The zero-order valence-corrected chi connectivity index (χ0v) is 10.9. The first kappa shape index (κ1) is 11.9. The quantitative estimate of drug-likeness (QED) is 0.778. The Kier molecular flexibility index (Phi) is 3.05. The number of fused-ring (bicyclic) bond motifs is 1. The third-order valence-electron chi connectivity index (χ3n) is 3.36. The molecule has 96 valence electrons. The highest BCUT2D eigenvalue weighted by atomic mass is 16.3. The molecule has 2 aromatic carbocycles. The van der Waals surface area contributed by atoms with E-state index in [4.69, 9.17) is 5.11 Å². The molecule has 0 spiro atoms. The molecular formula is C16H16N2O. The number of hydrogen-bond acceptors (Lipinski definition) is 2. The predicted octanol–water partition coefficient (Wildman–Crippen LogP) is 3.00. The van der Waals surface area contributed by atoms with Crippen molar-refractivity contribution in [3.63, 3.8) is 0 Å². The summed E-state index contributed by atoms with van der Waals surface area (Å²) in [6, 6.07) is 14.7. The molecule has 19 heavy (non-hydrogen) atoms. The average molecular weight is 252 g/mol. The fourth-order valence-electron chi connectivity index (χ4n) is 2.33. The van der Waals surface area contributed by atoms with E-state index in [-0.39, 0.29) is 6.61 Å². The second-order valence-corrected chi connectivity index (χ2v) is 4.65. The molecule has 0 saturated heterocycles. The number of imidazole rings is 1. The molecule has 1 aromatic heterocycles. The molecule has 0 saturated carbocycles. The number of aliphatic hydroxyl groups is 1. The van der Waals surface area contributed by atoms with Crippen LogP contribution in [0.4, 0.5) is 0 Å². The van der Waals surface area contributed by atoms with Gasteiger partial charge in [0.1, 0.15) is 5.82 Å². The van der Waals surface area contributed by atoms with Crippen LogP contribution in [0.15, 0.2) is 48.7 Å². The Labute approximate surface area is 112 Å². The number of aromatic nitrogens is 2. The molecule has 0 aliphatic rings. The van der Waals surface area contributed by atoms with Crippen LogP contribution in [0.5, 0.6) is 0 Å². The van der Waals surface area contributed by atoms with Gasteiger partial charge >= 0.3 is 0 Å². The van der Waals surface area contributed by atoms with E-state index < -0.39 is 0 Å². The van der Waals surface area contributed by atoms with Gasteiger partial charge in [-0.2, -0.15) is 0 Å². The normalized spacial score (nSPS) is 11.1. The highest BCUT2D eigenvalue weighted by Gasteiger charge is 2.06. The van der Waals surface area contributed by atoms with Gasteiger partial charge in [0.05, 0.1) is 12.3 Å². The van der Waals surface area contributed by atoms with Gasteiger partial charge in [-0.25, -0.2) is 4.98 Å². The van der Waals surface area contributed by atoms with Crippen molar-refractivity contribution in [2.24, 2.45) is 0 Å². The number of rotatable bonds is 3. The minimum Gasteiger partial charge on any atom is -0.395 e. The molecule has 0 amide bonds. The molecule has 0 bridgehead atoms. The Balaban J connectivity index is 2.06. The van der Waals surface area contributed by atoms with E-state index in [0.717, 1.165) is 17.1 Å². The van der Waals surface area contributed by atoms with Crippen LogP contribution in [-0.2, 0) is 6.54 Å². The van der Waals surface area contributed by atoms with Crippen molar-refractivity contribution in [3.05, 3.63) is 54.5 Å². The molecular weight excluding hydrogens is 236 g/mol. The van der Waals surface area contributed by atoms with E-state index in [1.165, 1.54) is 10.8 Å². The van der Waals surface area contributed by atoms with Crippen molar-refractivity contribution in [1.82, 2.24) is 9.55 Å². The number of benzene rings is 2. The fourth-order valence-corrected chi connectivity index (χ4v) is 2.33. The van der Waals surface area contributed by atoms with Crippen molar-refractivity contribution in [3.8, 4) is 11.3 Å². The van der Waals surface area contributed by atoms with Crippen LogP contribution < -0.4 is 0 Å². The van der Waals surface area contributed by atoms with Crippen LogP contribution in [-0.4, -0.2) is 21.3 Å². The minimum absolute atomic E-state index is 0.133. The average Bonchev–Trinajstić information content (AvgIpc) is 2.80. The summed E-state index contributed by atoms with van der Waals surface area (Å²) in [7, 11) is 0. The molecule has 0 aliphatic carbocycles. The lowest BCUT2D eigenvalue weighted by Gasteiger charge is -2.01. The monoisotopic (exact) mass is 252 g/mol. The van der Waals surface area contributed by atoms with Gasteiger partial charge in [-0.15, -0.1) is 0 Å². The van der Waals surface area contributed by atoms with E-state index >= 15 is 0 Å². The largest absolute Gasteiger partial charge is 0.395 e. The van der Waals surface area contributed by atoms with Crippen LogP contribution in [0.3, 0.4) is 0 Å². The Morgan fingerprint density at radius 3 is 2.68 bits per heavy atom. The standard InChI is InChI=1S/C16H16N2O/c1-12-17-16(11-18(12)8-9-19)15-7-6-13-4-2-3-5-14(13)10-15/h2-7,10-11,19H,8-9H2,1H3. The van der Waals surface area contributed by atoms with Crippen molar-refractivity contribution in [1.29, 1.82) is 0 Å². The molecule has 3 aromatic rings. The van der Waals surface area contributed by atoms with E-state index in [1.807, 2.05) is 29.8 Å². The molecule has 3 rings (SSSR count). The summed E-state index contributed by atoms with van der Waals surface area (Å²) in [6.45, 7) is 2.68. The number of aryl methyl sites for hydroxylation is 1. The second-order valence-electron chi connectivity index (χ2n) is 4.65. The Morgan fingerprint density at radius 1 is 1.11 bits per heavy atom. The maximum atomic E-state index is 9.02. The maximum Gasteiger partial charge on any atom is 0.106 e. The summed E-state index contributed by atoms with van der Waals surface area (Å²) in [5.41, 5.74) is 2.06. The Hall–Kier alpha value is -2.13. The first-order valence-electron chi connectivity index (χ1n) is 6.42. The van der Waals surface area contributed by atoms with Gasteiger partial charge in [0.25, 0.3) is 0 Å². The number of hydrogen-bond donors (Lipinski definition) is 1. The van der Waals surface area contributed by atoms with Crippen molar-refractivity contribution < 1.29 is 5.11 Å². The lowest BCUT2D eigenvalue weighted by molar-refractivity contribution is 0.275. The van der Waals surface area contributed by atoms with Crippen LogP contribution in [0.25, 0.3) is 22.0 Å². The summed E-state index contributed by atoms with van der Waals surface area (Å²) >= 11 is 0. The van der Waals surface area contributed by atoms with E-state index in [9.17, 15) is 0 Å². The molecule has 0 unspecified atom stereocenters. The maximum absolute atomic E-state index is 9.02. The highest BCUT2D eigenvalue weighted by Crippen LogP contribution is 2.23. The van der Waals surface area contributed by atoms with E-state index in [0.29, 0.717) is 6.54 Å². The third-order valence-corrected chi connectivity index (χ3v) is 3.36. The molecule has 1 N–H and O–H groups in total. The van der Waals surface area contributed by atoms with Crippen LogP contribution in [0.2, 0.25) is 0 Å². The summed E-state index contributed by atoms with van der Waals surface area (Å²) in [6.07, 6.45) is 2.00. The Morgan fingerprint density at radius 2 is 1.89 bits per heavy atom. The molecule has 0 aliphatic heterocycles. The smallest absolute Gasteiger partial charge is 0.106 e. The predicted molar refractivity (Wildman–Crippen MR) is 77.0 cm³/mol. The molecule has 0 radical (unpaired) electrons. The molecule has 0 fully saturated rings. The molecule has 1 heterocycles. The lowest BCUT2D eigenvalue weighted by Crippen LogP contribution is -2.02. The topological polar surface area (TPSA) is 38.0 Å². The van der Waals surface area contributed by atoms with Gasteiger partial charge in [-0.3, -0.25) is 0 Å². The summed E-state index contributed by atoms with van der Waals surface area (Å²) in [5, 5.41) is 11.5. The van der Waals surface area contributed by atoms with Gasteiger partial charge in [-0.05, 0) is 23.8 Å². The van der Waals surface area contributed by atoms with Crippen molar-refractivity contribution in [2.75, 3.05) is 6.61 Å². The summed E-state index contributed by atoms with van der Waals surface area (Å²) in [4.78, 5) is 4.56. The number of aliphatic hydroxyl groups excluding tert-OH is 1. The van der Waals surface area contributed by atoms with Gasteiger partial charge in [0, 0.05) is 18.3 Å². The van der Waals surface area contributed by atoms with Crippen LogP contribution >= 0.6 is 0 Å². The first-order chi connectivity index (χ1) is 9.28. The van der Waals surface area contributed by atoms with Crippen molar-refractivity contribution in [2.45, 2.75) is 13.5 Å².